The van der Waals surface area contributed by atoms with E-state index < -0.39 is 54.8 Å². The average molecular weight is 787 g/mol. The lowest BCUT2D eigenvalue weighted by Crippen LogP contribution is -2.49. The number of aliphatic carboxylic acids is 1. The lowest BCUT2D eigenvalue weighted by molar-refractivity contribution is -0.142. The van der Waals surface area contributed by atoms with E-state index in [1.54, 1.807) is 0 Å². The number of rotatable bonds is 15. The first-order valence-electron chi connectivity index (χ1n) is 19.8. The largest absolute Gasteiger partial charge is 0.507 e. The van der Waals surface area contributed by atoms with Crippen molar-refractivity contribution in [3.05, 3.63) is 47.5 Å². The van der Waals surface area contributed by atoms with E-state index in [1.807, 2.05) is 27.7 Å². The molecule has 56 heavy (non-hydrogen) atoms. The zero-order valence-electron chi connectivity index (χ0n) is 34.3. The Hall–Kier alpha value is -5.18. The van der Waals surface area contributed by atoms with Crippen LogP contribution in [-0.4, -0.2) is 95.0 Å². The second-order valence-electron chi connectivity index (χ2n) is 12.6. The van der Waals surface area contributed by atoms with E-state index in [9.17, 15) is 44.1 Å². The van der Waals surface area contributed by atoms with Gasteiger partial charge in [0.1, 0.15) is 23.6 Å². The van der Waals surface area contributed by atoms with Crippen LogP contribution < -0.4 is 27.0 Å². The molecule has 1 aliphatic heterocycles. The molecule has 314 valence electrons. The lowest BCUT2D eigenvalue weighted by Gasteiger charge is -2.28. The minimum atomic E-state index is -1.35. The number of carbonyl (C=O) groups excluding carboxylic acids is 5. The SMILES string of the molecule is CC.CC.CCCCCCCC(=O)NCCC(=O)NCC(=O)N(C)C1C(=O)NCC(=O)NC(C(=O)O)Cc2ccc(O)c(c2)-c2cc1ccc2O.CCCCN. The molecule has 5 amide bonds. The Morgan fingerprint density at radius 3 is 2.00 bits per heavy atom. The molecule has 0 aliphatic carbocycles. The minimum Gasteiger partial charge on any atom is -0.507 e. The van der Waals surface area contributed by atoms with Crippen LogP contribution in [0.2, 0.25) is 0 Å². The molecule has 1 aliphatic rings. The molecule has 2 aromatic carbocycles. The van der Waals surface area contributed by atoms with Gasteiger partial charge in [-0.05, 0) is 54.8 Å². The number of unbranched alkanes of at least 4 members (excludes halogenated alkanes) is 5. The molecule has 15 heteroatoms. The zero-order valence-corrected chi connectivity index (χ0v) is 34.3. The van der Waals surface area contributed by atoms with E-state index in [0.29, 0.717) is 12.0 Å². The fourth-order valence-electron chi connectivity index (χ4n) is 5.39. The van der Waals surface area contributed by atoms with E-state index in [-0.39, 0.29) is 53.5 Å². The Morgan fingerprint density at radius 1 is 0.821 bits per heavy atom. The summed E-state index contributed by atoms with van der Waals surface area (Å²) in [6, 6.07) is 5.68. The number of phenolic OH excluding ortho intramolecular Hbond substituents is 2. The third kappa shape index (κ3) is 18.4. The van der Waals surface area contributed by atoms with Gasteiger partial charge in [0.15, 0.2) is 0 Å². The first kappa shape index (κ1) is 50.8. The highest BCUT2D eigenvalue weighted by Gasteiger charge is 2.31. The normalized spacial score (nSPS) is 14.6. The summed E-state index contributed by atoms with van der Waals surface area (Å²) in [4.78, 5) is 76.6. The number of aromatic hydroxyl groups is 2. The molecule has 0 fully saturated rings. The van der Waals surface area contributed by atoms with Crippen LogP contribution in [0.3, 0.4) is 0 Å². The van der Waals surface area contributed by atoms with Crippen molar-refractivity contribution in [1.29, 1.82) is 0 Å². The zero-order chi connectivity index (χ0) is 42.6. The first-order chi connectivity index (χ1) is 26.8. The molecule has 1 heterocycles. The van der Waals surface area contributed by atoms with E-state index in [4.69, 9.17) is 5.73 Å². The van der Waals surface area contributed by atoms with Crippen LogP contribution in [0.4, 0.5) is 0 Å². The monoisotopic (exact) mass is 786 g/mol. The van der Waals surface area contributed by atoms with E-state index in [0.717, 1.165) is 43.5 Å². The van der Waals surface area contributed by atoms with Gasteiger partial charge in [0.25, 0.3) is 0 Å². The highest BCUT2D eigenvalue weighted by Crippen LogP contribution is 2.38. The van der Waals surface area contributed by atoms with Gasteiger partial charge >= 0.3 is 5.97 Å². The molecule has 3 rings (SSSR count). The Morgan fingerprint density at radius 2 is 1.41 bits per heavy atom. The van der Waals surface area contributed by atoms with Gasteiger partial charge in [0.05, 0.1) is 13.1 Å². The Bertz CT molecular complexity index is 1530. The van der Waals surface area contributed by atoms with Crippen LogP contribution in [0.1, 0.15) is 116 Å². The van der Waals surface area contributed by atoms with Gasteiger partial charge in [-0.3, -0.25) is 24.0 Å². The van der Waals surface area contributed by atoms with Crippen molar-refractivity contribution < 1.29 is 44.1 Å². The van der Waals surface area contributed by atoms with Crippen LogP contribution in [0.15, 0.2) is 36.4 Å². The molecule has 0 radical (unpaired) electrons. The maximum absolute atomic E-state index is 13.5. The second-order valence-corrected chi connectivity index (χ2v) is 12.6. The third-order valence-electron chi connectivity index (χ3n) is 8.39. The number of fused-ring (bicyclic) bond motifs is 5. The van der Waals surface area contributed by atoms with Crippen molar-refractivity contribution >= 4 is 35.5 Å². The van der Waals surface area contributed by atoms with Crippen molar-refractivity contribution in [2.45, 2.75) is 118 Å². The number of hydrogen-bond donors (Lipinski definition) is 8. The molecule has 15 nitrogen and oxygen atoms in total. The maximum Gasteiger partial charge on any atom is 0.326 e. The van der Waals surface area contributed by atoms with Crippen molar-refractivity contribution in [1.82, 2.24) is 26.2 Å². The summed E-state index contributed by atoms with van der Waals surface area (Å²) in [5, 5.41) is 40.9. The van der Waals surface area contributed by atoms with Gasteiger partial charge in [-0.15, -0.1) is 0 Å². The number of nitrogens with two attached hydrogens (primary N) is 1. The summed E-state index contributed by atoms with van der Waals surface area (Å²) in [6.07, 6.45) is 7.63. The number of carbonyl (C=O) groups is 6. The quantitative estimate of drug-likeness (QED) is 0.119. The number of nitrogens with one attached hydrogen (secondary N) is 4. The summed E-state index contributed by atoms with van der Waals surface area (Å²) in [5.74, 6) is -4.67. The van der Waals surface area contributed by atoms with Crippen LogP contribution in [0.25, 0.3) is 11.1 Å². The number of benzene rings is 2. The van der Waals surface area contributed by atoms with Crippen LogP contribution >= 0.6 is 0 Å². The van der Waals surface area contributed by atoms with E-state index in [2.05, 4.69) is 35.1 Å². The molecule has 0 spiro atoms. The van der Waals surface area contributed by atoms with Gasteiger partial charge in [-0.1, -0.05) is 85.8 Å². The van der Waals surface area contributed by atoms with Gasteiger partial charge in [-0.25, -0.2) is 4.79 Å². The van der Waals surface area contributed by atoms with Crippen molar-refractivity contribution in [2.24, 2.45) is 5.73 Å². The topological polar surface area (TPSA) is 240 Å². The number of carboxylic acids is 1. The summed E-state index contributed by atoms with van der Waals surface area (Å²) >= 11 is 0. The summed E-state index contributed by atoms with van der Waals surface area (Å²) in [6.45, 7) is 12.1. The lowest BCUT2D eigenvalue weighted by atomic mass is 9.94. The molecule has 0 aromatic heterocycles. The van der Waals surface area contributed by atoms with Crippen molar-refractivity contribution in [3.8, 4) is 22.6 Å². The number of phenols is 2. The molecule has 2 atom stereocenters. The maximum atomic E-state index is 13.5. The number of nitrogens with zero attached hydrogens (tertiary/aromatic N) is 1. The predicted molar refractivity (Wildman–Crippen MR) is 218 cm³/mol. The van der Waals surface area contributed by atoms with Gasteiger partial charge in [0.2, 0.25) is 29.5 Å². The van der Waals surface area contributed by atoms with Gasteiger partial charge < -0.3 is 47.2 Å². The highest BCUT2D eigenvalue weighted by molar-refractivity contribution is 5.94. The van der Waals surface area contributed by atoms with Gasteiger partial charge in [-0.2, -0.15) is 0 Å². The van der Waals surface area contributed by atoms with Crippen LogP contribution in [0, 0.1) is 0 Å². The fourth-order valence-corrected chi connectivity index (χ4v) is 5.39. The van der Waals surface area contributed by atoms with E-state index in [1.165, 1.54) is 56.3 Å². The molecular formula is C41H66N6O9. The molecule has 4 bridgehead atoms. The molecule has 2 aromatic rings. The second kappa shape index (κ2) is 29.2. The molecule has 9 N–H and O–H groups in total. The summed E-state index contributed by atoms with van der Waals surface area (Å²) < 4.78 is 0. The standard InChI is InChI=1S/C33H43N5O9.C4H11N.2C2H6/c1-3-4-5-6-7-8-27(41)34-14-13-28(42)35-19-30(44)38(2)31-21-10-12-26(40)23(17-21)22-15-20(9-11-25(22)39)16-24(33(46)47)37-29(43)18-36-32(31)45;1-2-3-4-5;2*1-2/h9-12,15,17,24,31,39-40H,3-8,13-14,16,18-19H2,1-2H3,(H,34,41)(H,35,42)(H,36,45)(H,37,43)(H,46,47);2-5H2,1H3;2*1-2H3. The highest BCUT2D eigenvalue weighted by atomic mass is 16.4. The fraction of sp³-hybridized carbons (Fsp3) is 0.561. The van der Waals surface area contributed by atoms with Crippen LogP contribution in [-0.2, 0) is 35.2 Å². The molecule has 0 saturated carbocycles. The van der Waals surface area contributed by atoms with Crippen LogP contribution in [0.5, 0.6) is 11.5 Å². The summed E-state index contributed by atoms with van der Waals surface area (Å²) in [7, 11) is 1.33. The van der Waals surface area contributed by atoms with E-state index >= 15 is 0 Å². The third-order valence-corrected chi connectivity index (χ3v) is 8.39. The Balaban J connectivity index is 0.00000306. The Kier molecular flexibility index (Phi) is 26.5. The molecular weight excluding hydrogens is 720 g/mol. The number of carboxylic acid groups (broad SMARTS) is 1. The van der Waals surface area contributed by atoms with Crippen molar-refractivity contribution in [3.63, 3.8) is 0 Å². The Labute approximate surface area is 332 Å². The number of hydrogen-bond acceptors (Lipinski definition) is 9. The number of amides is 5. The molecule has 0 saturated heterocycles. The van der Waals surface area contributed by atoms with Gasteiger partial charge in [0, 0.05) is 44.0 Å². The summed E-state index contributed by atoms with van der Waals surface area (Å²) in [5.41, 5.74) is 6.06. The number of likely N-dealkylation sites (N-methyl/N-ethyl adjacent to an activating group) is 1. The molecule has 2 unspecified atom stereocenters. The predicted octanol–water partition coefficient (Wildman–Crippen LogP) is 4.29. The van der Waals surface area contributed by atoms with Crippen molar-refractivity contribution in [2.75, 3.05) is 33.2 Å². The minimum absolute atomic E-state index is 0.0567. The average Bonchev–Trinajstić information content (AvgIpc) is 3.19. The smallest absolute Gasteiger partial charge is 0.326 e. The first-order valence-corrected chi connectivity index (χ1v) is 19.8.